The highest BCUT2D eigenvalue weighted by Gasteiger charge is 2.08. The summed E-state index contributed by atoms with van der Waals surface area (Å²) in [6.07, 6.45) is 8.24. The molecule has 2 aromatic carbocycles. The van der Waals surface area contributed by atoms with E-state index in [-0.39, 0.29) is 5.75 Å². The normalized spacial score (nSPS) is 15.9. The van der Waals surface area contributed by atoms with Gasteiger partial charge in [-0.2, -0.15) is 0 Å². The molecule has 0 heterocycles. The number of hydrogen-bond acceptors (Lipinski definition) is 1. The maximum Gasteiger partial charge on any atom is 0.116 e. The fraction of sp³-hybridized carbons (Fsp3) is 0. The topological polar surface area (TPSA) is 20.2 Å². The third kappa shape index (κ3) is 2.40. The molecule has 1 N–H and O–H groups in total. The standard InChI is InChI=1S/C16H10Br2O/c17-15-8-5-11-2-1-10-3-6-13(19)9-12(10)4-7-14(11)16(15)18/h1-9,19H/b2-1-,7-4-,10-1?,11-2?,12-4?,14-7?. The zero-order valence-corrected chi connectivity index (χ0v) is 13.1. The summed E-state index contributed by atoms with van der Waals surface area (Å²) in [5.74, 6) is 0.283. The summed E-state index contributed by atoms with van der Waals surface area (Å²) in [5.41, 5.74) is 4.39. The van der Waals surface area contributed by atoms with Gasteiger partial charge >= 0.3 is 0 Å². The van der Waals surface area contributed by atoms with Gasteiger partial charge in [0.15, 0.2) is 0 Å². The molecule has 0 saturated carbocycles. The van der Waals surface area contributed by atoms with E-state index in [2.05, 4.69) is 56.2 Å². The van der Waals surface area contributed by atoms with Gasteiger partial charge in [-0.15, -0.1) is 0 Å². The average molecular weight is 378 g/mol. The van der Waals surface area contributed by atoms with Crippen LogP contribution in [0.5, 0.6) is 5.75 Å². The largest absolute Gasteiger partial charge is 0.508 e. The van der Waals surface area contributed by atoms with Crippen LogP contribution >= 0.6 is 31.9 Å². The zero-order valence-electron chi connectivity index (χ0n) is 9.90. The number of benzene rings is 2. The Hall–Kier alpha value is -1.32. The molecule has 1 aliphatic carbocycles. The van der Waals surface area contributed by atoms with Crippen LogP contribution in [0, 0.1) is 0 Å². The molecule has 19 heavy (non-hydrogen) atoms. The van der Waals surface area contributed by atoms with Gasteiger partial charge in [-0.3, -0.25) is 0 Å². The first-order valence-electron chi connectivity index (χ1n) is 5.82. The van der Waals surface area contributed by atoms with E-state index < -0.39 is 0 Å². The Labute approximate surface area is 128 Å². The average Bonchev–Trinajstić information content (AvgIpc) is 2.38. The molecule has 0 amide bonds. The van der Waals surface area contributed by atoms with Crippen molar-refractivity contribution in [1.29, 1.82) is 0 Å². The van der Waals surface area contributed by atoms with Crippen LogP contribution in [-0.4, -0.2) is 5.11 Å². The highest BCUT2D eigenvalue weighted by Crippen LogP contribution is 2.33. The summed E-state index contributed by atoms with van der Waals surface area (Å²) in [6.45, 7) is 0. The second-order valence-electron chi connectivity index (χ2n) is 4.34. The van der Waals surface area contributed by atoms with Crippen LogP contribution in [0.15, 0.2) is 39.3 Å². The second-order valence-corrected chi connectivity index (χ2v) is 5.99. The Morgan fingerprint density at radius 1 is 0.737 bits per heavy atom. The summed E-state index contributed by atoms with van der Waals surface area (Å²) in [4.78, 5) is 0. The molecule has 2 aromatic rings. The maximum absolute atomic E-state index is 9.57. The monoisotopic (exact) mass is 376 g/mol. The Morgan fingerprint density at radius 2 is 1.42 bits per heavy atom. The summed E-state index contributed by atoms with van der Waals surface area (Å²) >= 11 is 7.12. The summed E-state index contributed by atoms with van der Waals surface area (Å²) in [7, 11) is 0. The van der Waals surface area contributed by atoms with Gasteiger partial charge in [-0.1, -0.05) is 36.4 Å². The van der Waals surface area contributed by atoms with E-state index in [0.29, 0.717) is 0 Å². The van der Waals surface area contributed by atoms with E-state index in [0.717, 1.165) is 31.2 Å². The Morgan fingerprint density at radius 3 is 2.26 bits per heavy atom. The van der Waals surface area contributed by atoms with Gasteiger partial charge in [0.25, 0.3) is 0 Å². The number of phenols is 1. The van der Waals surface area contributed by atoms with E-state index in [9.17, 15) is 5.11 Å². The van der Waals surface area contributed by atoms with Gasteiger partial charge in [0.1, 0.15) is 5.75 Å². The molecular formula is C16H10Br2O. The van der Waals surface area contributed by atoms with E-state index in [4.69, 9.17) is 0 Å². The molecular weight excluding hydrogens is 368 g/mol. The molecule has 0 aliphatic heterocycles. The molecule has 1 aliphatic rings. The predicted molar refractivity (Wildman–Crippen MR) is 87.8 cm³/mol. The van der Waals surface area contributed by atoms with Crippen LogP contribution in [0.3, 0.4) is 0 Å². The van der Waals surface area contributed by atoms with Gasteiger partial charge < -0.3 is 5.11 Å². The van der Waals surface area contributed by atoms with Crippen LogP contribution in [0.2, 0.25) is 0 Å². The van der Waals surface area contributed by atoms with E-state index in [1.54, 1.807) is 12.1 Å². The van der Waals surface area contributed by atoms with Crippen molar-refractivity contribution < 1.29 is 5.11 Å². The molecule has 0 spiro atoms. The molecule has 1 nitrogen and oxygen atoms in total. The number of fused-ring (bicyclic) bond motifs is 2. The van der Waals surface area contributed by atoms with Gasteiger partial charge in [-0.25, -0.2) is 0 Å². The van der Waals surface area contributed by atoms with Crippen LogP contribution in [0.4, 0.5) is 0 Å². The van der Waals surface area contributed by atoms with E-state index in [1.165, 1.54) is 0 Å². The van der Waals surface area contributed by atoms with E-state index >= 15 is 0 Å². The lowest BCUT2D eigenvalue weighted by atomic mass is 9.98. The fourth-order valence-electron chi connectivity index (χ4n) is 2.11. The molecule has 0 unspecified atom stereocenters. The van der Waals surface area contributed by atoms with Crippen molar-refractivity contribution in [3.05, 3.63) is 61.5 Å². The first-order valence-corrected chi connectivity index (χ1v) is 7.41. The first-order chi connectivity index (χ1) is 9.15. The van der Waals surface area contributed by atoms with Crippen molar-refractivity contribution in [1.82, 2.24) is 0 Å². The molecule has 94 valence electrons. The lowest BCUT2D eigenvalue weighted by Gasteiger charge is -2.10. The smallest absolute Gasteiger partial charge is 0.116 e. The molecule has 0 fully saturated rings. The SMILES string of the molecule is Oc1ccc2c(c1)/C=C\c1c(ccc(Br)c1Br)/C=C\2. The lowest BCUT2D eigenvalue weighted by molar-refractivity contribution is 0.475. The van der Waals surface area contributed by atoms with Crippen LogP contribution in [0.25, 0.3) is 24.3 Å². The highest BCUT2D eigenvalue weighted by atomic mass is 79.9. The summed E-state index contributed by atoms with van der Waals surface area (Å²) in [5, 5.41) is 9.57. The Bertz CT molecular complexity index is 715. The molecule has 3 rings (SSSR count). The minimum absolute atomic E-state index is 0.283. The molecule has 3 heteroatoms. The molecule has 0 atom stereocenters. The molecule has 0 radical (unpaired) electrons. The summed E-state index contributed by atoms with van der Waals surface area (Å²) in [6, 6.07) is 9.51. The summed E-state index contributed by atoms with van der Waals surface area (Å²) < 4.78 is 2.07. The predicted octanol–water partition coefficient (Wildman–Crippen LogP) is 5.57. The fourth-order valence-corrected chi connectivity index (χ4v) is 2.95. The van der Waals surface area contributed by atoms with Crippen molar-refractivity contribution in [3.63, 3.8) is 0 Å². The van der Waals surface area contributed by atoms with Gasteiger partial charge in [0, 0.05) is 8.95 Å². The van der Waals surface area contributed by atoms with Gasteiger partial charge in [-0.05, 0) is 72.3 Å². The highest BCUT2D eigenvalue weighted by molar-refractivity contribution is 9.13. The molecule has 0 bridgehead atoms. The van der Waals surface area contributed by atoms with Gasteiger partial charge in [0.2, 0.25) is 0 Å². The quantitative estimate of drug-likeness (QED) is 0.542. The molecule has 0 saturated heterocycles. The number of halogens is 2. The minimum Gasteiger partial charge on any atom is -0.508 e. The Kier molecular flexibility index (Phi) is 3.33. The molecule has 0 aromatic heterocycles. The van der Waals surface area contributed by atoms with E-state index in [1.807, 2.05) is 18.2 Å². The Balaban J connectivity index is 2.20. The minimum atomic E-state index is 0.283. The third-order valence-corrected chi connectivity index (χ3v) is 5.16. The number of aromatic hydroxyl groups is 1. The second kappa shape index (κ2) is 4.99. The van der Waals surface area contributed by atoms with Crippen molar-refractivity contribution >= 4 is 56.2 Å². The number of rotatable bonds is 0. The first kappa shape index (κ1) is 12.7. The zero-order chi connectivity index (χ0) is 13.4. The lowest BCUT2D eigenvalue weighted by Crippen LogP contribution is -1.88. The number of hydrogen-bond donors (Lipinski definition) is 1. The van der Waals surface area contributed by atoms with Crippen molar-refractivity contribution in [2.24, 2.45) is 0 Å². The van der Waals surface area contributed by atoms with Crippen LogP contribution in [-0.2, 0) is 0 Å². The van der Waals surface area contributed by atoms with Crippen LogP contribution in [0.1, 0.15) is 22.3 Å². The maximum atomic E-state index is 9.57. The van der Waals surface area contributed by atoms with Crippen molar-refractivity contribution in [2.75, 3.05) is 0 Å². The number of phenolic OH excluding ortho intramolecular Hbond substituents is 1. The van der Waals surface area contributed by atoms with Gasteiger partial charge in [0.05, 0.1) is 0 Å². The third-order valence-electron chi connectivity index (χ3n) is 3.11. The van der Waals surface area contributed by atoms with Crippen LogP contribution < -0.4 is 0 Å². The van der Waals surface area contributed by atoms with Crippen molar-refractivity contribution in [3.8, 4) is 5.75 Å². The van der Waals surface area contributed by atoms with Crippen molar-refractivity contribution in [2.45, 2.75) is 0 Å².